The molecule has 0 saturated carbocycles. The maximum Gasteiger partial charge on any atom is 0.208 e. The first-order chi connectivity index (χ1) is 9.77. The zero-order valence-electron chi connectivity index (χ0n) is 10.9. The zero-order chi connectivity index (χ0) is 15.8. The molecule has 0 aliphatic heterocycles. The second-order valence-electron chi connectivity index (χ2n) is 4.07. The molecular formula is C12H12BrN3O2S3. The Bertz CT molecular complexity index is 815. The van der Waals surface area contributed by atoms with Gasteiger partial charge in [0.2, 0.25) is 9.84 Å². The van der Waals surface area contributed by atoms with Gasteiger partial charge in [-0.05, 0) is 46.5 Å². The lowest BCUT2D eigenvalue weighted by Crippen LogP contribution is -2.08. The molecule has 0 spiro atoms. The number of sulfone groups is 1. The third-order valence-corrected chi connectivity index (χ3v) is 7.71. The number of nitrogens with two attached hydrogens (primary N) is 2. The van der Waals surface area contributed by atoms with E-state index in [9.17, 15) is 8.42 Å². The number of amidine groups is 1. The zero-order valence-corrected chi connectivity index (χ0v) is 14.9. The lowest BCUT2D eigenvalue weighted by Gasteiger charge is -2.06. The first-order valence-electron chi connectivity index (χ1n) is 5.59. The number of hydrogen-bond donors (Lipinski definition) is 3. The summed E-state index contributed by atoms with van der Waals surface area (Å²) >= 11 is 5.74. The van der Waals surface area contributed by atoms with Crippen LogP contribution in [0.2, 0.25) is 0 Å². The van der Waals surface area contributed by atoms with Crippen LogP contribution in [0.15, 0.2) is 42.7 Å². The molecule has 0 saturated heterocycles. The number of thioether (sulfide) groups is 1. The molecule has 0 aliphatic carbocycles. The van der Waals surface area contributed by atoms with Crippen LogP contribution in [0.5, 0.6) is 0 Å². The molecule has 0 unspecified atom stereocenters. The molecule has 0 aliphatic rings. The Balaban J connectivity index is 2.63. The number of anilines is 1. The van der Waals surface area contributed by atoms with Crippen molar-refractivity contribution in [3.63, 3.8) is 0 Å². The van der Waals surface area contributed by atoms with Gasteiger partial charge in [-0.2, -0.15) is 0 Å². The fourth-order valence-electron chi connectivity index (χ4n) is 1.62. The van der Waals surface area contributed by atoms with Gasteiger partial charge in [0, 0.05) is 10.2 Å². The number of nitrogen functional groups attached to an aromatic ring is 2. The summed E-state index contributed by atoms with van der Waals surface area (Å²) in [5.74, 6) is -0.143. The molecule has 2 rings (SSSR count). The third-order valence-electron chi connectivity index (χ3n) is 2.69. The number of halogens is 1. The van der Waals surface area contributed by atoms with Crippen molar-refractivity contribution in [2.75, 3.05) is 12.0 Å². The monoisotopic (exact) mass is 405 g/mol. The highest BCUT2D eigenvalue weighted by molar-refractivity contribution is 9.10. The maximum atomic E-state index is 12.7. The highest BCUT2D eigenvalue weighted by Crippen LogP contribution is 2.37. The summed E-state index contributed by atoms with van der Waals surface area (Å²) in [5.41, 5.74) is 11.6. The van der Waals surface area contributed by atoms with Gasteiger partial charge in [-0.25, -0.2) is 8.42 Å². The molecule has 9 heteroatoms. The fourth-order valence-corrected chi connectivity index (χ4v) is 6.04. The lowest BCUT2D eigenvalue weighted by molar-refractivity contribution is 0.595. The summed E-state index contributed by atoms with van der Waals surface area (Å²) in [6.45, 7) is 0. The molecular weight excluding hydrogens is 394 g/mol. The van der Waals surface area contributed by atoms with Crippen LogP contribution in [0.25, 0.3) is 0 Å². The van der Waals surface area contributed by atoms with Crippen LogP contribution < -0.4 is 11.5 Å². The van der Waals surface area contributed by atoms with Crippen molar-refractivity contribution in [1.82, 2.24) is 0 Å². The van der Waals surface area contributed by atoms with Gasteiger partial charge >= 0.3 is 0 Å². The van der Waals surface area contributed by atoms with E-state index in [1.165, 1.54) is 47.4 Å². The number of thiophene rings is 1. The van der Waals surface area contributed by atoms with Crippen LogP contribution in [-0.4, -0.2) is 20.5 Å². The Morgan fingerprint density at radius 3 is 2.57 bits per heavy atom. The van der Waals surface area contributed by atoms with Crippen molar-refractivity contribution in [2.45, 2.75) is 14.0 Å². The van der Waals surface area contributed by atoms with E-state index >= 15 is 0 Å². The number of benzene rings is 1. The summed E-state index contributed by atoms with van der Waals surface area (Å²) in [6, 6.07) is 5.91. The van der Waals surface area contributed by atoms with Crippen molar-refractivity contribution < 1.29 is 8.42 Å². The summed E-state index contributed by atoms with van der Waals surface area (Å²) < 4.78 is 26.6. The van der Waals surface area contributed by atoms with E-state index in [2.05, 4.69) is 15.9 Å². The maximum absolute atomic E-state index is 12.7. The van der Waals surface area contributed by atoms with Crippen LogP contribution in [-0.2, 0) is 9.84 Å². The topological polar surface area (TPSA) is 110 Å². The summed E-state index contributed by atoms with van der Waals surface area (Å²) in [7, 11) is -3.68. The van der Waals surface area contributed by atoms with Crippen molar-refractivity contribution in [1.29, 1.82) is 5.41 Å². The molecule has 112 valence electrons. The molecule has 5 N–H and O–H groups in total. The number of nitrogens with one attached hydrogen (secondary N) is 1. The molecule has 2 aromatic rings. The molecule has 0 amide bonds. The second kappa shape index (κ2) is 5.99. The number of rotatable bonds is 4. The Morgan fingerprint density at radius 1 is 1.38 bits per heavy atom. The summed E-state index contributed by atoms with van der Waals surface area (Å²) in [6.07, 6.45) is 1.79. The van der Waals surface area contributed by atoms with Gasteiger partial charge < -0.3 is 11.5 Å². The van der Waals surface area contributed by atoms with E-state index < -0.39 is 9.84 Å². The van der Waals surface area contributed by atoms with Crippen molar-refractivity contribution in [2.24, 2.45) is 5.73 Å². The third kappa shape index (κ3) is 3.10. The van der Waals surface area contributed by atoms with Crippen molar-refractivity contribution >= 4 is 60.4 Å². The normalized spacial score (nSPS) is 11.5. The minimum absolute atomic E-state index is 0.143. The van der Waals surface area contributed by atoms with E-state index in [-0.39, 0.29) is 15.6 Å². The van der Waals surface area contributed by atoms with Crippen LogP contribution in [0.4, 0.5) is 5.69 Å². The Morgan fingerprint density at radius 2 is 2.05 bits per heavy atom. The molecule has 5 nitrogen and oxygen atoms in total. The molecule has 0 fully saturated rings. The van der Waals surface area contributed by atoms with Crippen LogP contribution in [0.3, 0.4) is 0 Å². The second-order valence-corrected chi connectivity index (χ2v) is 8.97. The number of hydrogen-bond acceptors (Lipinski definition) is 6. The van der Waals surface area contributed by atoms with Crippen LogP contribution in [0.1, 0.15) is 4.88 Å². The van der Waals surface area contributed by atoms with Gasteiger partial charge in [0.15, 0.2) is 0 Å². The van der Waals surface area contributed by atoms with E-state index in [1.54, 1.807) is 6.26 Å². The highest BCUT2D eigenvalue weighted by atomic mass is 79.9. The van der Waals surface area contributed by atoms with Gasteiger partial charge in [0.05, 0.1) is 18.9 Å². The Labute approximate surface area is 139 Å². The van der Waals surface area contributed by atoms with E-state index in [0.717, 1.165) is 0 Å². The Kier molecular flexibility index (Phi) is 4.66. The molecule has 21 heavy (non-hydrogen) atoms. The standard InChI is InChI=1S/C12H12BrN3O2S3/c1-19-12-10(5-9(20-12)11(15)16)21(17,18)6-2-3-8(14)7(13)4-6/h2-5H,14H2,1H3,(H3,15,16). The lowest BCUT2D eigenvalue weighted by atomic mass is 10.3. The largest absolute Gasteiger partial charge is 0.398 e. The smallest absolute Gasteiger partial charge is 0.208 e. The van der Waals surface area contributed by atoms with E-state index in [1.807, 2.05) is 0 Å². The van der Waals surface area contributed by atoms with Crippen molar-refractivity contribution in [3.8, 4) is 0 Å². The Hall–Kier alpha value is -1.03. The minimum atomic E-state index is -3.68. The van der Waals surface area contributed by atoms with E-state index in [0.29, 0.717) is 19.2 Å². The van der Waals surface area contributed by atoms with Gasteiger partial charge in [0.25, 0.3) is 0 Å². The summed E-state index contributed by atoms with van der Waals surface area (Å²) in [5, 5.41) is 7.45. The molecule has 0 atom stereocenters. The average Bonchev–Trinajstić information content (AvgIpc) is 2.86. The van der Waals surface area contributed by atoms with Crippen molar-refractivity contribution in [3.05, 3.63) is 33.6 Å². The predicted molar refractivity (Wildman–Crippen MR) is 91.1 cm³/mol. The molecule has 0 bridgehead atoms. The van der Waals surface area contributed by atoms with Crippen LogP contribution in [0, 0.1) is 5.41 Å². The minimum Gasteiger partial charge on any atom is -0.398 e. The SMILES string of the molecule is CSc1sc(C(=N)N)cc1S(=O)(=O)c1ccc(N)c(Br)c1. The molecule has 1 heterocycles. The van der Waals surface area contributed by atoms with E-state index in [4.69, 9.17) is 16.9 Å². The van der Waals surface area contributed by atoms with Gasteiger partial charge in [-0.15, -0.1) is 23.1 Å². The van der Waals surface area contributed by atoms with Gasteiger partial charge in [0.1, 0.15) is 5.84 Å². The quantitative estimate of drug-likeness (QED) is 0.313. The van der Waals surface area contributed by atoms with Gasteiger partial charge in [-0.3, -0.25) is 5.41 Å². The molecule has 0 radical (unpaired) electrons. The molecule has 1 aromatic carbocycles. The van der Waals surface area contributed by atoms with Gasteiger partial charge in [-0.1, -0.05) is 0 Å². The molecule has 1 aromatic heterocycles. The fraction of sp³-hybridized carbons (Fsp3) is 0.0833. The van der Waals surface area contributed by atoms with Crippen LogP contribution >= 0.6 is 39.0 Å². The predicted octanol–water partition coefficient (Wildman–Crippen LogP) is 2.93. The first kappa shape index (κ1) is 16.3. The average molecular weight is 406 g/mol. The first-order valence-corrected chi connectivity index (χ1v) is 9.91. The summed E-state index contributed by atoms with van der Waals surface area (Å²) in [4.78, 5) is 0.751. The highest BCUT2D eigenvalue weighted by Gasteiger charge is 2.25.